The molecule has 2 aliphatic heterocycles. The maximum atomic E-state index is 12.9. The quantitative estimate of drug-likeness (QED) is 0.203. The SMILES string of the molecule is O=C(NCCCN1CCCCC1)c1cc2ccc(-c3cc(NCCCN4CCCCC4)c4cnccc4n3)cc2s1. The molecule has 0 saturated carbocycles. The minimum absolute atomic E-state index is 0.0266. The molecule has 2 fully saturated rings. The van der Waals surface area contributed by atoms with Gasteiger partial charge in [-0.2, -0.15) is 0 Å². The lowest BCUT2D eigenvalue weighted by molar-refractivity contribution is 0.0955. The number of thiophene rings is 1. The highest BCUT2D eigenvalue weighted by atomic mass is 32.1. The molecule has 2 N–H and O–H groups in total. The zero-order valence-corrected chi connectivity index (χ0v) is 24.9. The third-order valence-corrected chi connectivity index (χ3v) is 9.55. The number of pyridine rings is 2. The van der Waals surface area contributed by atoms with Crippen molar-refractivity contribution in [1.82, 2.24) is 25.1 Å². The zero-order chi connectivity index (χ0) is 27.9. The maximum Gasteiger partial charge on any atom is 0.261 e. The van der Waals surface area contributed by atoms with Gasteiger partial charge in [-0.1, -0.05) is 25.0 Å². The van der Waals surface area contributed by atoms with Gasteiger partial charge in [0.2, 0.25) is 0 Å². The molecular weight excluding hydrogens is 528 g/mol. The average molecular weight is 571 g/mol. The van der Waals surface area contributed by atoms with E-state index in [1.807, 2.05) is 18.3 Å². The van der Waals surface area contributed by atoms with Crippen LogP contribution in [0, 0.1) is 0 Å². The Bertz CT molecular complexity index is 1460. The van der Waals surface area contributed by atoms with Crippen molar-refractivity contribution in [2.24, 2.45) is 0 Å². The summed E-state index contributed by atoms with van der Waals surface area (Å²) in [7, 11) is 0. The number of carbonyl (C=O) groups is 1. The first-order valence-corrected chi connectivity index (χ1v) is 16.3. The number of nitrogens with one attached hydrogen (secondary N) is 2. The van der Waals surface area contributed by atoms with E-state index in [4.69, 9.17) is 4.98 Å². The summed E-state index contributed by atoms with van der Waals surface area (Å²) in [6, 6.07) is 12.5. The number of benzene rings is 1. The summed E-state index contributed by atoms with van der Waals surface area (Å²) in [6.45, 7) is 8.73. The number of piperidine rings is 2. The number of fused-ring (bicyclic) bond motifs is 2. The van der Waals surface area contributed by atoms with Gasteiger partial charge in [0.15, 0.2) is 0 Å². The lowest BCUT2D eigenvalue weighted by Gasteiger charge is -2.26. The highest BCUT2D eigenvalue weighted by molar-refractivity contribution is 7.20. The Morgan fingerprint density at radius 2 is 1.59 bits per heavy atom. The van der Waals surface area contributed by atoms with Crippen LogP contribution >= 0.6 is 11.3 Å². The molecule has 4 aromatic rings. The summed E-state index contributed by atoms with van der Waals surface area (Å²) in [5, 5.41) is 8.96. The van der Waals surface area contributed by atoms with E-state index in [2.05, 4.69) is 49.7 Å². The average Bonchev–Trinajstić information content (AvgIpc) is 3.46. The van der Waals surface area contributed by atoms with Crippen LogP contribution in [-0.4, -0.2) is 78.0 Å². The molecule has 0 aliphatic carbocycles. The third-order valence-electron chi connectivity index (χ3n) is 8.45. The van der Waals surface area contributed by atoms with Crippen molar-refractivity contribution in [3.8, 4) is 11.3 Å². The first-order chi connectivity index (χ1) is 20.2. The van der Waals surface area contributed by atoms with Crippen LogP contribution < -0.4 is 10.6 Å². The summed E-state index contributed by atoms with van der Waals surface area (Å²) >= 11 is 1.56. The van der Waals surface area contributed by atoms with Gasteiger partial charge in [-0.05, 0) is 107 Å². The molecule has 0 bridgehead atoms. The molecule has 6 rings (SSSR count). The number of carbonyl (C=O) groups excluding carboxylic acids is 1. The number of hydrogen-bond donors (Lipinski definition) is 2. The third kappa shape index (κ3) is 7.23. The first-order valence-electron chi connectivity index (χ1n) is 15.5. The van der Waals surface area contributed by atoms with E-state index in [0.29, 0.717) is 0 Å². The molecule has 2 saturated heterocycles. The molecule has 216 valence electrons. The molecule has 0 atom stereocenters. The lowest BCUT2D eigenvalue weighted by Crippen LogP contribution is -2.33. The molecule has 0 spiro atoms. The van der Waals surface area contributed by atoms with E-state index in [1.54, 1.807) is 17.5 Å². The molecule has 0 radical (unpaired) electrons. The van der Waals surface area contributed by atoms with Crippen molar-refractivity contribution >= 4 is 43.9 Å². The Kier molecular flexibility index (Phi) is 9.40. The monoisotopic (exact) mass is 570 g/mol. The van der Waals surface area contributed by atoms with Crippen molar-refractivity contribution in [1.29, 1.82) is 0 Å². The van der Waals surface area contributed by atoms with Gasteiger partial charge in [0.25, 0.3) is 5.91 Å². The Balaban J connectivity index is 1.11. The van der Waals surface area contributed by atoms with Gasteiger partial charge in [-0.15, -0.1) is 11.3 Å². The second-order valence-corrected chi connectivity index (χ2v) is 12.6. The number of likely N-dealkylation sites (tertiary alicyclic amines) is 2. The van der Waals surface area contributed by atoms with Gasteiger partial charge in [0, 0.05) is 46.8 Å². The molecule has 7 nitrogen and oxygen atoms in total. The molecule has 2 aliphatic rings. The molecule has 1 aromatic carbocycles. The standard InChI is InChI=1S/C33H42N6OS/c40-33(36-13-8-20-39-17-5-2-6-18-39)32-22-26-10-9-25(21-31(26)41-32)29-23-30(27-24-34-14-11-28(27)37-29)35-12-7-19-38-15-3-1-4-16-38/h9-11,14,21-24H,1-8,12-13,15-20H2,(H,35,37)(H,36,40). The number of aromatic nitrogens is 2. The largest absolute Gasteiger partial charge is 0.384 e. The van der Waals surface area contributed by atoms with Crippen LogP contribution in [0.15, 0.2) is 48.8 Å². The van der Waals surface area contributed by atoms with Gasteiger partial charge < -0.3 is 20.4 Å². The Labute approximate surface area is 247 Å². The van der Waals surface area contributed by atoms with Crippen LogP contribution in [-0.2, 0) is 0 Å². The molecule has 5 heterocycles. The van der Waals surface area contributed by atoms with Crippen molar-refractivity contribution in [3.05, 3.63) is 53.7 Å². The Hall–Kier alpha value is -3.07. The summed E-state index contributed by atoms with van der Waals surface area (Å²) < 4.78 is 1.11. The summed E-state index contributed by atoms with van der Waals surface area (Å²) in [5.74, 6) is 0.0266. The van der Waals surface area contributed by atoms with Gasteiger partial charge in [-0.3, -0.25) is 9.78 Å². The normalized spacial score (nSPS) is 16.8. The van der Waals surface area contributed by atoms with Gasteiger partial charge in [0.05, 0.1) is 16.1 Å². The van der Waals surface area contributed by atoms with E-state index in [0.717, 1.165) is 81.8 Å². The lowest BCUT2D eigenvalue weighted by atomic mass is 10.1. The second kappa shape index (κ2) is 13.7. The molecule has 3 aromatic heterocycles. The van der Waals surface area contributed by atoms with Crippen LogP contribution in [0.3, 0.4) is 0 Å². The molecule has 1 amide bonds. The fourth-order valence-electron chi connectivity index (χ4n) is 6.15. The van der Waals surface area contributed by atoms with E-state index in [9.17, 15) is 4.79 Å². The van der Waals surface area contributed by atoms with E-state index < -0.39 is 0 Å². The van der Waals surface area contributed by atoms with Crippen LogP contribution in [0.1, 0.15) is 61.0 Å². The minimum Gasteiger partial charge on any atom is -0.384 e. The van der Waals surface area contributed by atoms with Crippen LogP contribution in [0.5, 0.6) is 0 Å². The van der Waals surface area contributed by atoms with E-state index in [1.165, 1.54) is 64.7 Å². The molecule has 8 heteroatoms. The Morgan fingerprint density at radius 1 is 0.854 bits per heavy atom. The first kappa shape index (κ1) is 28.1. The van der Waals surface area contributed by atoms with Crippen LogP contribution in [0.2, 0.25) is 0 Å². The summed E-state index contributed by atoms with van der Waals surface area (Å²) in [6.07, 6.45) is 13.8. The minimum atomic E-state index is 0.0266. The van der Waals surface area contributed by atoms with Crippen molar-refractivity contribution in [2.75, 3.05) is 57.7 Å². The number of hydrogen-bond acceptors (Lipinski definition) is 7. The van der Waals surface area contributed by atoms with Gasteiger partial charge in [0.1, 0.15) is 0 Å². The maximum absolute atomic E-state index is 12.9. The zero-order valence-electron chi connectivity index (χ0n) is 24.0. The number of anilines is 1. The predicted octanol–water partition coefficient (Wildman–Crippen LogP) is 6.41. The Morgan fingerprint density at radius 3 is 2.34 bits per heavy atom. The van der Waals surface area contributed by atoms with Gasteiger partial charge >= 0.3 is 0 Å². The second-order valence-electron chi connectivity index (χ2n) is 11.5. The van der Waals surface area contributed by atoms with Crippen LogP contribution in [0.4, 0.5) is 5.69 Å². The van der Waals surface area contributed by atoms with E-state index in [-0.39, 0.29) is 5.91 Å². The molecule has 0 unspecified atom stereocenters. The predicted molar refractivity (Wildman–Crippen MR) is 171 cm³/mol. The van der Waals surface area contributed by atoms with Crippen LogP contribution in [0.25, 0.3) is 32.2 Å². The summed E-state index contributed by atoms with van der Waals surface area (Å²) in [5.41, 5.74) is 4.00. The highest BCUT2D eigenvalue weighted by Gasteiger charge is 2.14. The number of rotatable bonds is 11. The topological polar surface area (TPSA) is 73.4 Å². The highest BCUT2D eigenvalue weighted by Crippen LogP contribution is 2.33. The molecule has 41 heavy (non-hydrogen) atoms. The fourth-order valence-corrected chi connectivity index (χ4v) is 7.17. The van der Waals surface area contributed by atoms with Gasteiger partial charge in [-0.25, -0.2) is 4.98 Å². The fraction of sp³-hybridized carbons (Fsp3) is 0.485. The smallest absolute Gasteiger partial charge is 0.261 e. The van der Waals surface area contributed by atoms with Crippen molar-refractivity contribution in [2.45, 2.75) is 51.4 Å². The molecular formula is C33H42N6OS. The van der Waals surface area contributed by atoms with Crippen molar-refractivity contribution in [3.63, 3.8) is 0 Å². The van der Waals surface area contributed by atoms with Crippen molar-refractivity contribution < 1.29 is 4.79 Å². The summed E-state index contributed by atoms with van der Waals surface area (Å²) in [4.78, 5) is 28.1. The number of amides is 1. The van der Waals surface area contributed by atoms with E-state index >= 15 is 0 Å². The number of nitrogens with zero attached hydrogens (tertiary/aromatic N) is 4.